The van der Waals surface area contributed by atoms with Gasteiger partial charge < -0.3 is 0 Å². The lowest BCUT2D eigenvalue weighted by molar-refractivity contribution is 0.194. The lowest BCUT2D eigenvalue weighted by Crippen LogP contribution is -1.86. The van der Waals surface area contributed by atoms with Crippen LogP contribution in [0.4, 0.5) is 8.78 Å². The summed E-state index contributed by atoms with van der Waals surface area (Å²) in [5, 5.41) is 0. The molecule has 0 N–H and O–H groups in total. The van der Waals surface area contributed by atoms with E-state index in [1.165, 1.54) is 0 Å². The van der Waals surface area contributed by atoms with Gasteiger partial charge in [-0.25, -0.2) is 0 Å². The Hall–Kier alpha value is 0.440. The standard InChI is InChI=1S/CCl2F2/c2-1(3,4)5/i1+1. The van der Waals surface area contributed by atoms with E-state index < -0.39 is 4.84 Å². The molecule has 0 aliphatic rings. The van der Waals surface area contributed by atoms with Gasteiger partial charge in [-0.15, -0.1) is 0 Å². The maximum atomic E-state index is 10.6. The monoisotopic (exact) mass is 121 g/mol. The van der Waals surface area contributed by atoms with Gasteiger partial charge in [0.25, 0.3) is 0 Å². The minimum atomic E-state index is -3.56. The number of halogens is 4. The molecular weight excluding hydrogens is 122 g/mol. The molecule has 0 spiro atoms. The van der Waals surface area contributed by atoms with E-state index in [9.17, 15) is 8.78 Å². The summed E-state index contributed by atoms with van der Waals surface area (Å²) in [6.07, 6.45) is 0. The molecule has 0 aromatic carbocycles. The molecule has 5 heavy (non-hydrogen) atoms. The number of rotatable bonds is 0. The molecule has 0 nitrogen and oxygen atoms in total. The van der Waals surface area contributed by atoms with E-state index in [4.69, 9.17) is 0 Å². The van der Waals surface area contributed by atoms with Crippen molar-refractivity contribution in [1.82, 2.24) is 0 Å². The maximum Gasteiger partial charge on any atom is 0.401 e. The van der Waals surface area contributed by atoms with Crippen LogP contribution >= 0.6 is 23.2 Å². The highest BCUT2D eigenvalue weighted by Crippen LogP contribution is 2.22. The number of hydrogen-bond acceptors (Lipinski definition) is 0. The molecule has 0 rings (SSSR count). The molecule has 0 radical (unpaired) electrons. The van der Waals surface area contributed by atoms with Crippen LogP contribution in [0, 0.1) is 0 Å². The fraction of sp³-hybridized carbons (Fsp3) is 1.00. The van der Waals surface area contributed by atoms with E-state index in [0.29, 0.717) is 0 Å². The zero-order valence-corrected chi connectivity index (χ0v) is 3.52. The minimum Gasteiger partial charge on any atom is -0.172 e. The van der Waals surface area contributed by atoms with Crippen molar-refractivity contribution >= 4 is 23.2 Å². The zero-order valence-electron chi connectivity index (χ0n) is 2.01. The topological polar surface area (TPSA) is 0 Å². The second kappa shape index (κ2) is 1.27. The fourth-order valence-electron chi connectivity index (χ4n) is 0. The summed E-state index contributed by atoms with van der Waals surface area (Å²) in [6, 6.07) is 0. The predicted molar refractivity (Wildman–Crippen MR) is 16.7 cm³/mol. The first-order chi connectivity index (χ1) is 2.00. The number of alkyl halides is 4. The van der Waals surface area contributed by atoms with Crippen LogP contribution in [0.2, 0.25) is 0 Å². The lowest BCUT2D eigenvalue weighted by atomic mass is 12.6. The predicted octanol–water partition coefficient (Wildman–Crippen LogP) is 2.01. The van der Waals surface area contributed by atoms with Crippen LogP contribution in [-0.2, 0) is 0 Å². The Balaban J connectivity index is 3.02. The van der Waals surface area contributed by atoms with Gasteiger partial charge in [-0.3, -0.25) is 0 Å². The Labute approximate surface area is 37.7 Å². The van der Waals surface area contributed by atoms with Crippen molar-refractivity contribution in [3.05, 3.63) is 0 Å². The minimum absolute atomic E-state index is 3.56. The van der Waals surface area contributed by atoms with Crippen LogP contribution in [0.3, 0.4) is 0 Å². The Morgan fingerprint density at radius 1 is 1.20 bits per heavy atom. The third kappa shape index (κ3) is 137. The van der Waals surface area contributed by atoms with Crippen molar-refractivity contribution in [2.75, 3.05) is 0 Å². The Morgan fingerprint density at radius 3 is 1.20 bits per heavy atom. The van der Waals surface area contributed by atoms with E-state index in [1.807, 2.05) is 0 Å². The summed E-state index contributed by atoms with van der Waals surface area (Å²) in [5.74, 6) is 0. The summed E-state index contributed by atoms with van der Waals surface area (Å²) in [6.45, 7) is 0. The molecule has 0 bridgehead atoms. The number of hydrogen-bond donors (Lipinski definition) is 0. The van der Waals surface area contributed by atoms with E-state index in [1.54, 1.807) is 0 Å². The molecule has 4 heteroatoms. The molecule has 0 unspecified atom stereocenters. The van der Waals surface area contributed by atoms with Crippen LogP contribution in [0.25, 0.3) is 0 Å². The molecule has 0 aliphatic carbocycles. The van der Waals surface area contributed by atoms with Crippen molar-refractivity contribution in [3.63, 3.8) is 0 Å². The van der Waals surface area contributed by atoms with Crippen LogP contribution in [0.5, 0.6) is 0 Å². The van der Waals surface area contributed by atoms with Crippen LogP contribution in [-0.4, -0.2) is 4.84 Å². The molecule has 0 amide bonds. The van der Waals surface area contributed by atoms with Gasteiger partial charge in [0.1, 0.15) is 0 Å². The average Bonchev–Trinajstić information content (AvgIpc) is 0.722. The van der Waals surface area contributed by atoms with Gasteiger partial charge >= 0.3 is 4.84 Å². The lowest BCUT2D eigenvalue weighted by Gasteiger charge is -1.87. The normalized spacial score (nSPS) is 12.0. The van der Waals surface area contributed by atoms with Crippen molar-refractivity contribution in [3.8, 4) is 0 Å². The Morgan fingerprint density at radius 2 is 1.20 bits per heavy atom. The smallest absolute Gasteiger partial charge is 0.172 e. The van der Waals surface area contributed by atoms with Gasteiger partial charge in [0, 0.05) is 0 Å². The summed E-state index contributed by atoms with van der Waals surface area (Å²) >= 11 is 7.92. The van der Waals surface area contributed by atoms with Crippen molar-refractivity contribution < 1.29 is 8.78 Å². The van der Waals surface area contributed by atoms with Gasteiger partial charge in [0.2, 0.25) is 0 Å². The van der Waals surface area contributed by atoms with E-state index in [0.717, 1.165) is 0 Å². The van der Waals surface area contributed by atoms with Crippen molar-refractivity contribution in [2.45, 2.75) is 4.84 Å². The SMILES string of the molecule is F[13C](F)(Cl)Cl. The molecular formula is CCl2F2. The highest BCUT2D eigenvalue weighted by molar-refractivity contribution is 6.45. The first-order valence-corrected chi connectivity index (χ1v) is 1.51. The van der Waals surface area contributed by atoms with Gasteiger partial charge in [0.05, 0.1) is 0 Å². The van der Waals surface area contributed by atoms with Gasteiger partial charge in [0.15, 0.2) is 0 Å². The molecule has 0 fully saturated rings. The van der Waals surface area contributed by atoms with Crippen LogP contribution < -0.4 is 0 Å². The second-order valence-corrected chi connectivity index (χ2v) is 1.57. The molecule has 0 saturated carbocycles. The Bertz CT molecular complexity index is 23.1. The summed E-state index contributed by atoms with van der Waals surface area (Å²) < 4.78 is 21.1. The molecule has 0 aromatic heterocycles. The Kier molecular flexibility index (Phi) is 1.38. The molecule has 0 saturated heterocycles. The van der Waals surface area contributed by atoms with E-state index in [-0.39, 0.29) is 0 Å². The fourth-order valence-corrected chi connectivity index (χ4v) is 0. The molecule has 0 aromatic rings. The van der Waals surface area contributed by atoms with Crippen LogP contribution in [0.15, 0.2) is 0 Å². The van der Waals surface area contributed by atoms with Gasteiger partial charge in [-0.2, -0.15) is 8.78 Å². The van der Waals surface area contributed by atoms with E-state index >= 15 is 0 Å². The molecule has 0 aliphatic heterocycles. The van der Waals surface area contributed by atoms with Gasteiger partial charge in [-0.05, 0) is 23.2 Å². The quantitative estimate of drug-likeness (QED) is 0.340. The first-order valence-electron chi connectivity index (χ1n) is 0.756. The van der Waals surface area contributed by atoms with Crippen molar-refractivity contribution in [1.29, 1.82) is 0 Å². The van der Waals surface area contributed by atoms with Crippen LogP contribution in [0.1, 0.15) is 0 Å². The third-order valence-electron chi connectivity index (χ3n) is 0. The van der Waals surface area contributed by atoms with Crippen molar-refractivity contribution in [2.24, 2.45) is 0 Å². The molecule has 0 atom stereocenters. The third-order valence-corrected chi connectivity index (χ3v) is 0. The summed E-state index contributed by atoms with van der Waals surface area (Å²) in [4.78, 5) is -3.56. The summed E-state index contributed by atoms with van der Waals surface area (Å²) in [7, 11) is 0. The van der Waals surface area contributed by atoms with Gasteiger partial charge in [-0.1, -0.05) is 0 Å². The maximum absolute atomic E-state index is 10.6. The highest BCUT2D eigenvalue weighted by Gasteiger charge is 2.17. The zero-order chi connectivity index (χ0) is 4.50. The summed E-state index contributed by atoms with van der Waals surface area (Å²) in [5.41, 5.74) is 0. The highest BCUT2D eigenvalue weighted by atomic mass is 35.5. The second-order valence-electron chi connectivity index (χ2n) is 0.429. The molecule has 0 heterocycles. The first kappa shape index (κ1) is 5.44. The van der Waals surface area contributed by atoms with E-state index in [2.05, 4.69) is 23.2 Å². The average molecular weight is 122 g/mol. The molecule has 32 valence electrons. The largest absolute Gasteiger partial charge is 0.401 e.